The van der Waals surface area contributed by atoms with Crippen LogP contribution in [0.1, 0.15) is 27.2 Å². The number of hydrogen-bond acceptors (Lipinski definition) is 3. The maximum absolute atomic E-state index is 14.6. The summed E-state index contributed by atoms with van der Waals surface area (Å²) in [6.45, 7) is 4.44. The van der Waals surface area contributed by atoms with E-state index in [9.17, 15) is 61.9 Å². The SMILES string of the molecule is C=C(C)C(=O)OC(C)(NC(=S)CC)C(F)(F)C(F)(F)C(F)(F)C(F)(F)C(F)(F)C(F)(F)F. The van der Waals surface area contributed by atoms with Gasteiger partial charge in [0.05, 0.1) is 4.99 Å². The molecule has 1 N–H and O–H groups in total. The Bertz CT molecular complexity index is 763. The van der Waals surface area contributed by atoms with E-state index in [1.54, 1.807) is 0 Å². The first kappa shape index (κ1) is 30.2. The van der Waals surface area contributed by atoms with Gasteiger partial charge in [-0.25, -0.2) is 4.79 Å². The molecule has 0 radical (unpaired) electrons. The van der Waals surface area contributed by atoms with Crippen molar-refractivity contribution in [3.8, 4) is 0 Å². The van der Waals surface area contributed by atoms with Crippen molar-refractivity contribution in [3.63, 3.8) is 0 Å². The van der Waals surface area contributed by atoms with Gasteiger partial charge in [0.25, 0.3) is 5.72 Å². The van der Waals surface area contributed by atoms with Crippen molar-refractivity contribution in [2.24, 2.45) is 0 Å². The van der Waals surface area contributed by atoms with Gasteiger partial charge in [0, 0.05) is 12.5 Å². The zero-order valence-electron chi connectivity index (χ0n) is 16.1. The number of carbonyl (C=O) groups excluding carboxylic acids is 1. The van der Waals surface area contributed by atoms with Crippen molar-refractivity contribution in [2.45, 2.75) is 68.7 Å². The highest BCUT2D eigenvalue weighted by atomic mass is 32.1. The molecule has 0 aliphatic rings. The molecule has 1 unspecified atom stereocenters. The Morgan fingerprint density at radius 1 is 0.812 bits per heavy atom. The Hall–Kier alpha value is -1.81. The zero-order valence-corrected chi connectivity index (χ0v) is 16.9. The molecule has 0 heterocycles. The van der Waals surface area contributed by atoms with Crippen molar-refractivity contribution >= 4 is 23.2 Å². The number of ether oxygens (including phenoxy) is 1. The Balaban J connectivity index is 6.88. The number of esters is 1. The van der Waals surface area contributed by atoms with Crippen LogP contribution in [0.2, 0.25) is 0 Å². The number of halogens is 13. The van der Waals surface area contributed by atoms with Gasteiger partial charge in [-0.1, -0.05) is 25.7 Å². The van der Waals surface area contributed by atoms with Crippen LogP contribution in [0.25, 0.3) is 0 Å². The van der Waals surface area contributed by atoms with Gasteiger partial charge < -0.3 is 10.1 Å². The van der Waals surface area contributed by atoms with Crippen LogP contribution >= 0.6 is 12.2 Å². The van der Waals surface area contributed by atoms with Crippen molar-refractivity contribution in [1.82, 2.24) is 5.32 Å². The monoisotopic (exact) mass is 519 g/mol. The Morgan fingerprint density at radius 3 is 1.47 bits per heavy atom. The zero-order chi connectivity index (χ0) is 26.4. The molecule has 0 spiro atoms. The Kier molecular flexibility index (Phi) is 8.03. The summed E-state index contributed by atoms with van der Waals surface area (Å²) in [5.41, 5.74) is -5.24. The molecule has 0 aromatic carbocycles. The van der Waals surface area contributed by atoms with Crippen LogP contribution in [0.15, 0.2) is 12.2 Å². The minimum absolute atomic E-state index is 0.264. The predicted octanol–water partition coefficient (Wildman–Crippen LogP) is 5.89. The summed E-state index contributed by atoms with van der Waals surface area (Å²) in [5.74, 6) is -40.4. The number of rotatable bonds is 9. The van der Waals surface area contributed by atoms with Gasteiger partial charge in [-0.05, 0) is 13.3 Å². The van der Waals surface area contributed by atoms with Crippen molar-refractivity contribution < 1.29 is 66.6 Å². The molecule has 3 nitrogen and oxygen atoms in total. The van der Waals surface area contributed by atoms with Gasteiger partial charge >= 0.3 is 41.8 Å². The highest BCUT2D eigenvalue weighted by molar-refractivity contribution is 7.80. The number of nitrogens with one attached hydrogen (secondary N) is 1. The van der Waals surface area contributed by atoms with Crippen molar-refractivity contribution in [3.05, 3.63) is 12.2 Å². The van der Waals surface area contributed by atoms with E-state index < -0.39 is 64.5 Å². The molecule has 0 saturated carbocycles. The fourth-order valence-corrected chi connectivity index (χ4v) is 2.06. The van der Waals surface area contributed by atoms with Crippen LogP contribution < -0.4 is 5.32 Å². The summed E-state index contributed by atoms with van der Waals surface area (Å²) >= 11 is 4.38. The van der Waals surface area contributed by atoms with Crippen LogP contribution in [0.5, 0.6) is 0 Å². The summed E-state index contributed by atoms with van der Waals surface area (Å²) in [6.07, 6.45) is -8.04. The van der Waals surface area contributed by atoms with Gasteiger partial charge in [0.1, 0.15) is 0 Å². The summed E-state index contributed by atoms with van der Waals surface area (Å²) in [6, 6.07) is 0. The summed E-state index contributed by atoms with van der Waals surface area (Å²) in [5, 5.41) is 1.20. The summed E-state index contributed by atoms with van der Waals surface area (Å²) in [4.78, 5) is 10.7. The molecule has 0 aromatic rings. The highest BCUT2D eigenvalue weighted by Gasteiger charge is 2.92. The van der Waals surface area contributed by atoms with E-state index >= 15 is 0 Å². The van der Waals surface area contributed by atoms with Gasteiger partial charge in [-0.15, -0.1) is 0 Å². The van der Waals surface area contributed by atoms with Gasteiger partial charge in [-0.2, -0.15) is 57.1 Å². The maximum atomic E-state index is 14.6. The molecule has 17 heteroatoms. The second kappa shape index (κ2) is 8.52. The van der Waals surface area contributed by atoms with Gasteiger partial charge in [-0.3, -0.25) is 0 Å². The first-order valence-corrected chi connectivity index (χ1v) is 8.35. The van der Waals surface area contributed by atoms with E-state index in [0.29, 0.717) is 0 Å². The Labute approximate surface area is 176 Å². The van der Waals surface area contributed by atoms with Crippen LogP contribution in [0.3, 0.4) is 0 Å². The quantitative estimate of drug-likeness (QED) is 0.136. The van der Waals surface area contributed by atoms with Crippen molar-refractivity contribution in [2.75, 3.05) is 0 Å². The molecule has 0 aliphatic carbocycles. The van der Waals surface area contributed by atoms with E-state index in [2.05, 4.69) is 23.5 Å². The maximum Gasteiger partial charge on any atom is 0.460 e. The first-order valence-electron chi connectivity index (χ1n) is 7.94. The second-order valence-corrected chi connectivity index (χ2v) is 6.97. The smallest absolute Gasteiger partial charge is 0.429 e. The minimum atomic E-state index is -8.09. The average molecular weight is 519 g/mol. The highest BCUT2D eigenvalue weighted by Crippen LogP contribution is 2.61. The summed E-state index contributed by atoms with van der Waals surface area (Å²) < 4.78 is 178. The normalized spacial score (nSPS) is 16.2. The molecule has 1 atom stereocenters. The number of hydrogen-bond donors (Lipinski definition) is 1. The van der Waals surface area contributed by atoms with Crippen LogP contribution in [0.4, 0.5) is 57.1 Å². The van der Waals surface area contributed by atoms with E-state index in [1.807, 2.05) is 0 Å². The fraction of sp³-hybridized carbons (Fsp3) is 0.733. The topological polar surface area (TPSA) is 38.3 Å². The average Bonchev–Trinajstić information content (AvgIpc) is 2.59. The molecule has 0 bridgehead atoms. The fourth-order valence-electron chi connectivity index (χ4n) is 1.86. The van der Waals surface area contributed by atoms with Crippen LogP contribution in [-0.4, -0.2) is 52.5 Å². The third-order valence-electron chi connectivity index (χ3n) is 3.88. The largest absolute Gasteiger partial charge is 0.460 e. The lowest BCUT2D eigenvalue weighted by Gasteiger charge is -2.45. The molecule has 188 valence electrons. The molecule has 0 aromatic heterocycles. The van der Waals surface area contributed by atoms with E-state index in [0.717, 1.165) is 13.8 Å². The minimum Gasteiger partial charge on any atom is -0.429 e. The number of thiocarbonyl (C=S) groups is 1. The lowest BCUT2D eigenvalue weighted by atomic mass is 9.89. The molecule has 0 saturated heterocycles. The molecule has 32 heavy (non-hydrogen) atoms. The third kappa shape index (κ3) is 4.48. The lowest BCUT2D eigenvalue weighted by molar-refractivity contribution is -0.449. The second-order valence-electron chi connectivity index (χ2n) is 6.47. The van der Waals surface area contributed by atoms with E-state index in [4.69, 9.17) is 0 Å². The first-order chi connectivity index (χ1) is 13.8. The molecule has 0 fully saturated rings. The number of alkyl halides is 13. The molecule has 0 rings (SSSR count). The number of carbonyl (C=O) groups is 1. The van der Waals surface area contributed by atoms with E-state index in [1.165, 1.54) is 5.32 Å². The molecule has 0 aliphatic heterocycles. The van der Waals surface area contributed by atoms with Crippen LogP contribution in [0, 0.1) is 0 Å². The standard InChI is InChI=1S/C15H14F13NO2S/c1-5-7(32)29-9(4,31-8(30)6(2)3)10(16,17)11(18,19)12(20,21)13(22,23)14(24,25)15(26,27)28/h2,5H2,1,3-4H3,(H,29,32). The Morgan fingerprint density at radius 2 is 1.16 bits per heavy atom. The van der Waals surface area contributed by atoms with Crippen LogP contribution in [-0.2, 0) is 9.53 Å². The summed E-state index contributed by atoms with van der Waals surface area (Å²) in [7, 11) is 0. The van der Waals surface area contributed by atoms with E-state index in [-0.39, 0.29) is 6.92 Å². The van der Waals surface area contributed by atoms with Gasteiger partial charge in [0.15, 0.2) is 0 Å². The molecule has 0 amide bonds. The lowest BCUT2D eigenvalue weighted by Crippen LogP contribution is -2.76. The predicted molar refractivity (Wildman–Crippen MR) is 86.1 cm³/mol. The molecular formula is C15H14F13NO2S. The van der Waals surface area contributed by atoms with Crippen molar-refractivity contribution in [1.29, 1.82) is 0 Å². The third-order valence-corrected chi connectivity index (χ3v) is 4.27. The van der Waals surface area contributed by atoms with Gasteiger partial charge in [0.2, 0.25) is 0 Å². The molecular weight excluding hydrogens is 505 g/mol.